The second-order valence-electron chi connectivity index (χ2n) is 8.25. The number of carbonyl (C=O) groups is 1. The molecular formula is C24H31FN2O3. The molecule has 162 valence electrons. The van der Waals surface area contributed by atoms with E-state index in [1.165, 1.54) is 12.1 Å². The van der Waals surface area contributed by atoms with Crippen molar-refractivity contribution in [1.29, 1.82) is 0 Å². The fourth-order valence-electron chi connectivity index (χ4n) is 3.90. The van der Waals surface area contributed by atoms with Crippen molar-refractivity contribution in [2.24, 2.45) is 5.92 Å². The Balaban J connectivity index is 1.64. The van der Waals surface area contributed by atoms with Crippen molar-refractivity contribution in [3.63, 3.8) is 0 Å². The van der Waals surface area contributed by atoms with Crippen molar-refractivity contribution >= 4 is 5.91 Å². The SMILES string of the molecule is CC(C)CN1CCN(C(=O)c2cccc(OCc3cccc(F)c3)c2)CC1CCO. The molecule has 30 heavy (non-hydrogen) atoms. The highest BCUT2D eigenvalue weighted by molar-refractivity contribution is 5.94. The van der Waals surface area contributed by atoms with Crippen LogP contribution in [0.1, 0.15) is 36.2 Å². The van der Waals surface area contributed by atoms with Gasteiger partial charge in [0.05, 0.1) is 0 Å². The molecule has 1 aliphatic heterocycles. The number of piperazine rings is 1. The highest BCUT2D eigenvalue weighted by Crippen LogP contribution is 2.20. The zero-order valence-corrected chi connectivity index (χ0v) is 17.8. The molecule has 1 amide bonds. The molecule has 1 saturated heterocycles. The summed E-state index contributed by atoms with van der Waals surface area (Å²) in [6, 6.07) is 13.6. The van der Waals surface area contributed by atoms with Crippen molar-refractivity contribution in [3.05, 3.63) is 65.5 Å². The van der Waals surface area contributed by atoms with Gasteiger partial charge in [-0.3, -0.25) is 9.69 Å². The van der Waals surface area contributed by atoms with E-state index in [0.717, 1.165) is 18.7 Å². The summed E-state index contributed by atoms with van der Waals surface area (Å²) in [5.41, 5.74) is 1.31. The van der Waals surface area contributed by atoms with Gasteiger partial charge in [-0.2, -0.15) is 0 Å². The molecule has 1 fully saturated rings. The molecule has 0 aliphatic carbocycles. The van der Waals surface area contributed by atoms with E-state index in [1.807, 2.05) is 4.90 Å². The number of halogens is 1. The number of aliphatic hydroxyl groups is 1. The predicted octanol–water partition coefficient (Wildman–Crippen LogP) is 3.57. The van der Waals surface area contributed by atoms with Crippen molar-refractivity contribution in [1.82, 2.24) is 9.80 Å². The van der Waals surface area contributed by atoms with Gasteiger partial charge in [0.1, 0.15) is 18.2 Å². The van der Waals surface area contributed by atoms with Gasteiger partial charge in [0.25, 0.3) is 5.91 Å². The van der Waals surface area contributed by atoms with Gasteiger partial charge in [-0.1, -0.05) is 32.0 Å². The zero-order chi connectivity index (χ0) is 21.5. The lowest BCUT2D eigenvalue weighted by atomic mass is 10.0. The van der Waals surface area contributed by atoms with Gasteiger partial charge in [0.2, 0.25) is 0 Å². The molecule has 6 heteroatoms. The van der Waals surface area contributed by atoms with Crippen molar-refractivity contribution in [3.8, 4) is 5.75 Å². The highest BCUT2D eigenvalue weighted by Gasteiger charge is 2.30. The van der Waals surface area contributed by atoms with E-state index in [9.17, 15) is 14.3 Å². The molecule has 0 aromatic heterocycles. The number of benzene rings is 2. The lowest BCUT2D eigenvalue weighted by Gasteiger charge is -2.42. The molecule has 0 bridgehead atoms. The van der Waals surface area contributed by atoms with Crippen LogP contribution in [0, 0.1) is 11.7 Å². The molecule has 0 radical (unpaired) electrons. The largest absolute Gasteiger partial charge is 0.489 e. The lowest BCUT2D eigenvalue weighted by Crippen LogP contribution is -2.55. The summed E-state index contributed by atoms with van der Waals surface area (Å²) in [6.45, 7) is 7.78. The number of carbonyl (C=O) groups excluding carboxylic acids is 1. The van der Waals surface area contributed by atoms with Crippen LogP contribution in [0.15, 0.2) is 48.5 Å². The minimum atomic E-state index is -0.297. The maximum absolute atomic E-state index is 13.3. The summed E-state index contributed by atoms with van der Waals surface area (Å²) in [6.07, 6.45) is 0.660. The fraction of sp³-hybridized carbons (Fsp3) is 0.458. The average Bonchev–Trinajstić information content (AvgIpc) is 2.73. The number of hydrogen-bond acceptors (Lipinski definition) is 4. The van der Waals surface area contributed by atoms with Gasteiger partial charge in [0, 0.05) is 44.4 Å². The van der Waals surface area contributed by atoms with Crippen LogP contribution in [0.25, 0.3) is 0 Å². The number of aliphatic hydroxyl groups excluding tert-OH is 1. The number of nitrogens with zero attached hydrogens (tertiary/aromatic N) is 2. The highest BCUT2D eigenvalue weighted by atomic mass is 19.1. The van der Waals surface area contributed by atoms with Crippen LogP contribution in [-0.4, -0.2) is 59.6 Å². The van der Waals surface area contributed by atoms with Gasteiger partial charge in [-0.15, -0.1) is 0 Å². The number of rotatable bonds is 8. The molecule has 5 nitrogen and oxygen atoms in total. The number of hydrogen-bond donors (Lipinski definition) is 1. The summed E-state index contributed by atoms with van der Waals surface area (Å²) in [7, 11) is 0. The van der Waals surface area contributed by atoms with E-state index in [4.69, 9.17) is 4.74 Å². The van der Waals surface area contributed by atoms with E-state index in [2.05, 4.69) is 18.7 Å². The lowest BCUT2D eigenvalue weighted by molar-refractivity contribution is 0.0384. The summed E-state index contributed by atoms with van der Waals surface area (Å²) >= 11 is 0. The van der Waals surface area contributed by atoms with Crippen LogP contribution >= 0.6 is 0 Å². The van der Waals surface area contributed by atoms with E-state index < -0.39 is 0 Å². The van der Waals surface area contributed by atoms with E-state index in [-0.39, 0.29) is 31.0 Å². The fourth-order valence-corrected chi connectivity index (χ4v) is 3.90. The average molecular weight is 415 g/mol. The van der Waals surface area contributed by atoms with Crippen LogP contribution in [0.4, 0.5) is 4.39 Å². The second-order valence-corrected chi connectivity index (χ2v) is 8.25. The van der Waals surface area contributed by atoms with Gasteiger partial charge >= 0.3 is 0 Å². The van der Waals surface area contributed by atoms with E-state index >= 15 is 0 Å². The molecule has 1 atom stereocenters. The van der Waals surface area contributed by atoms with Gasteiger partial charge in [0.15, 0.2) is 0 Å². The summed E-state index contributed by atoms with van der Waals surface area (Å²) in [4.78, 5) is 17.3. The minimum Gasteiger partial charge on any atom is -0.489 e. The maximum atomic E-state index is 13.3. The Bertz CT molecular complexity index is 843. The van der Waals surface area contributed by atoms with E-state index in [0.29, 0.717) is 36.7 Å². The second kappa shape index (κ2) is 10.5. The Morgan fingerprint density at radius 2 is 2.00 bits per heavy atom. The van der Waals surface area contributed by atoms with Crippen molar-refractivity contribution in [2.45, 2.75) is 32.9 Å². The smallest absolute Gasteiger partial charge is 0.254 e. The maximum Gasteiger partial charge on any atom is 0.254 e. The molecule has 1 aliphatic rings. The number of ether oxygens (including phenoxy) is 1. The van der Waals surface area contributed by atoms with Crippen LogP contribution < -0.4 is 4.74 Å². The van der Waals surface area contributed by atoms with Crippen LogP contribution in [0.2, 0.25) is 0 Å². The molecule has 1 heterocycles. The summed E-state index contributed by atoms with van der Waals surface area (Å²) in [5, 5.41) is 9.45. The minimum absolute atomic E-state index is 0.0293. The molecule has 0 saturated carbocycles. The van der Waals surface area contributed by atoms with Gasteiger partial charge < -0.3 is 14.7 Å². The molecule has 1 unspecified atom stereocenters. The Hall–Kier alpha value is -2.44. The normalized spacial score (nSPS) is 17.4. The third kappa shape index (κ3) is 6.03. The van der Waals surface area contributed by atoms with Crippen LogP contribution in [-0.2, 0) is 6.61 Å². The molecule has 3 rings (SSSR count). The Labute approximate surface area is 178 Å². The Morgan fingerprint density at radius 3 is 2.73 bits per heavy atom. The quantitative estimate of drug-likeness (QED) is 0.718. The van der Waals surface area contributed by atoms with Gasteiger partial charge in [-0.05, 0) is 48.2 Å². The first-order chi connectivity index (χ1) is 14.5. The molecule has 1 N–H and O–H groups in total. The summed E-state index contributed by atoms with van der Waals surface area (Å²) in [5.74, 6) is 0.795. The third-order valence-electron chi connectivity index (χ3n) is 5.33. The molecule has 0 spiro atoms. The molecular weight excluding hydrogens is 383 g/mol. The predicted molar refractivity (Wildman–Crippen MR) is 115 cm³/mol. The first-order valence-corrected chi connectivity index (χ1v) is 10.6. The first-order valence-electron chi connectivity index (χ1n) is 10.6. The first kappa shape index (κ1) is 22.2. The van der Waals surface area contributed by atoms with Crippen LogP contribution in [0.5, 0.6) is 5.75 Å². The molecule has 2 aromatic carbocycles. The van der Waals surface area contributed by atoms with E-state index in [1.54, 1.807) is 36.4 Å². The summed E-state index contributed by atoms with van der Waals surface area (Å²) < 4.78 is 19.1. The number of amides is 1. The third-order valence-corrected chi connectivity index (χ3v) is 5.33. The standard InChI is InChI=1S/C24H31FN2O3/c1-18(2)15-26-10-11-27(16-22(26)9-12-28)24(29)20-6-4-8-23(14-20)30-17-19-5-3-7-21(25)13-19/h3-8,13-14,18,22,28H,9-12,15-17H2,1-2H3. The monoisotopic (exact) mass is 414 g/mol. The zero-order valence-electron chi connectivity index (χ0n) is 17.8. The van der Waals surface area contributed by atoms with Crippen molar-refractivity contribution < 1.29 is 19.0 Å². The van der Waals surface area contributed by atoms with Gasteiger partial charge in [-0.25, -0.2) is 4.39 Å². The Morgan fingerprint density at radius 1 is 1.20 bits per heavy atom. The molecule has 2 aromatic rings. The van der Waals surface area contributed by atoms with Crippen molar-refractivity contribution in [2.75, 3.05) is 32.8 Å². The van der Waals surface area contributed by atoms with Crippen LogP contribution in [0.3, 0.4) is 0 Å². The topological polar surface area (TPSA) is 53.0 Å². The Kier molecular flexibility index (Phi) is 7.82.